The molecule has 0 spiro atoms. The molecule has 5 heteroatoms. The number of benzene rings is 2. The van der Waals surface area contributed by atoms with Gasteiger partial charge in [-0.25, -0.2) is 0 Å². The lowest BCUT2D eigenvalue weighted by atomic mass is 9.95. The fourth-order valence-corrected chi connectivity index (χ4v) is 3.76. The van der Waals surface area contributed by atoms with Gasteiger partial charge in [-0.1, -0.05) is 38.1 Å². The van der Waals surface area contributed by atoms with Crippen LogP contribution in [0.3, 0.4) is 0 Å². The zero-order chi connectivity index (χ0) is 20.5. The van der Waals surface area contributed by atoms with Gasteiger partial charge in [0.1, 0.15) is 0 Å². The van der Waals surface area contributed by atoms with Crippen molar-refractivity contribution in [2.24, 2.45) is 0 Å². The summed E-state index contributed by atoms with van der Waals surface area (Å²) in [6.07, 6.45) is 1.83. The van der Waals surface area contributed by atoms with Crippen LogP contribution in [-0.4, -0.2) is 16.8 Å². The predicted octanol–water partition coefficient (Wildman–Crippen LogP) is 4.24. The molecule has 2 aliphatic rings. The maximum atomic E-state index is 12.0. The molecule has 3 aromatic rings. The van der Waals surface area contributed by atoms with Crippen molar-refractivity contribution in [3.05, 3.63) is 76.6 Å². The number of rotatable bonds is 2. The van der Waals surface area contributed by atoms with Crippen molar-refractivity contribution in [3.63, 3.8) is 0 Å². The molecule has 0 bridgehead atoms. The van der Waals surface area contributed by atoms with Gasteiger partial charge in [-0.05, 0) is 47.4 Å². The van der Waals surface area contributed by atoms with Gasteiger partial charge in [0.15, 0.2) is 0 Å². The Morgan fingerprint density at radius 1 is 0.724 bits per heavy atom. The summed E-state index contributed by atoms with van der Waals surface area (Å²) in [5.74, 6) is -0.0602. The summed E-state index contributed by atoms with van der Waals surface area (Å²) in [5, 5.41) is 5.70. The molecule has 0 fully saturated rings. The summed E-state index contributed by atoms with van der Waals surface area (Å²) >= 11 is 0. The van der Waals surface area contributed by atoms with Gasteiger partial charge in [-0.2, -0.15) is 0 Å². The first-order valence-corrected chi connectivity index (χ1v) is 9.90. The molecule has 0 unspecified atom stereocenters. The number of hydrogen-bond acceptors (Lipinski definition) is 3. The summed E-state index contributed by atoms with van der Waals surface area (Å²) in [6, 6.07) is 14.0. The van der Waals surface area contributed by atoms with E-state index in [9.17, 15) is 9.59 Å². The Kier molecular flexibility index (Phi) is 4.89. The van der Waals surface area contributed by atoms with Crippen molar-refractivity contribution < 1.29 is 9.59 Å². The second-order valence-electron chi connectivity index (χ2n) is 6.97. The highest BCUT2D eigenvalue weighted by Crippen LogP contribution is 2.31. The highest BCUT2D eigenvalue weighted by Gasteiger charge is 2.21. The third kappa shape index (κ3) is 3.29. The highest BCUT2D eigenvalue weighted by molar-refractivity contribution is 6.00. The number of aromatic nitrogens is 1. The van der Waals surface area contributed by atoms with E-state index in [0.29, 0.717) is 13.1 Å². The lowest BCUT2D eigenvalue weighted by molar-refractivity contribution is 0.0957. The van der Waals surface area contributed by atoms with Crippen LogP contribution in [0.5, 0.6) is 0 Å². The molecule has 2 aliphatic heterocycles. The second-order valence-corrected chi connectivity index (χ2v) is 6.97. The fraction of sp³-hybridized carbons (Fsp3) is 0.208. The van der Waals surface area contributed by atoms with Gasteiger partial charge in [0, 0.05) is 47.2 Å². The van der Waals surface area contributed by atoms with E-state index in [1.54, 1.807) is 0 Å². The maximum absolute atomic E-state index is 12.0. The minimum Gasteiger partial charge on any atom is -0.348 e. The Labute approximate surface area is 170 Å². The first kappa shape index (κ1) is 18.9. The molecule has 2 aromatic carbocycles. The number of pyridine rings is 1. The monoisotopic (exact) mass is 385 g/mol. The number of amides is 2. The van der Waals surface area contributed by atoms with Crippen molar-refractivity contribution in [1.82, 2.24) is 15.6 Å². The van der Waals surface area contributed by atoms with E-state index in [-0.39, 0.29) is 11.8 Å². The van der Waals surface area contributed by atoms with Crippen LogP contribution in [0.25, 0.3) is 22.3 Å². The Hall–Kier alpha value is -3.47. The Balaban J connectivity index is 0.000000994. The largest absolute Gasteiger partial charge is 0.348 e. The van der Waals surface area contributed by atoms with Crippen LogP contribution in [0, 0.1) is 6.92 Å². The van der Waals surface area contributed by atoms with Crippen LogP contribution in [0.2, 0.25) is 0 Å². The number of aryl methyl sites for hydroxylation is 1. The van der Waals surface area contributed by atoms with E-state index in [4.69, 9.17) is 0 Å². The molecule has 0 aliphatic carbocycles. The van der Waals surface area contributed by atoms with Crippen molar-refractivity contribution in [1.29, 1.82) is 0 Å². The molecule has 2 N–H and O–H groups in total. The van der Waals surface area contributed by atoms with Gasteiger partial charge in [0.2, 0.25) is 0 Å². The van der Waals surface area contributed by atoms with E-state index in [2.05, 4.69) is 21.7 Å². The van der Waals surface area contributed by atoms with Crippen LogP contribution in [0.15, 0.2) is 48.7 Å². The van der Waals surface area contributed by atoms with Crippen molar-refractivity contribution >= 4 is 11.8 Å². The number of nitrogens with zero attached hydrogens (tertiary/aromatic N) is 1. The predicted molar refractivity (Wildman–Crippen MR) is 114 cm³/mol. The first-order valence-electron chi connectivity index (χ1n) is 9.90. The molecule has 3 heterocycles. The summed E-state index contributed by atoms with van der Waals surface area (Å²) in [7, 11) is 0. The third-order valence-electron chi connectivity index (χ3n) is 5.32. The molecule has 1 aromatic heterocycles. The minimum atomic E-state index is -0.0308. The number of hydrogen-bond donors (Lipinski definition) is 2. The van der Waals surface area contributed by atoms with Gasteiger partial charge < -0.3 is 10.6 Å². The molecule has 29 heavy (non-hydrogen) atoms. The Morgan fingerprint density at radius 3 is 1.86 bits per heavy atom. The molecule has 0 saturated carbocycles. The Morgan fingerprint density at radius 2 is 1.24 bits per heavy atom. The number of carbonyl (C=O) groups excluding carboxylic acids is 2. The molecule has 5 nitrogen and oxygen atoms in total. The molecule has 146 valence electrons. The normalized spacial score (nSPS) is 13.8. The van der Waals surface area contributed by atoms with Gasteiger partial charge in [0.25, 0.3) is 11.8 Å². The average molecular weight is 385 g/mol. The first-order chi connectivity index (χ1) is 14.1. The number of fused-ring (bicyclic) bond motifs is 2. The molecular formula is C24H23N3O2. The lowest BCUT2D eigenvalue weighted by Crippen LogP contribution is -2.12. The highest BCUT2D eigenvalue weighted by atomic mass is 16.2. The zero-order valence-corrected chi connectivity index (χ0v) is 16.8. The molecule has 0 saturated heterocycles. The van der Waals surface area contributed by atoms with Gasteiger partial charge in [-0.15, -0.1) is 0 Å². The van der Waals surface area contributed by atoms with Crippen LogP contribution in [0.1, 0.15) is 51.4 Å². The summed E-state index contributed by atoms with van der Waals surface area (Å²) in [5.41, 5.74) is 8.26. The summed E-state index contributed by atoms with van der Waals surface area (Å²) < 4.78 is 0. The van der Waals surface area contributed by atoms with Crippen molar-refractivity contribution in [3.8, 4) is 22.3 Å². The summed E-state index contributed by atoms with van der Waals surface area (Å²) in [4.78, 5) is 28.5. The van der Waals surface area contributed by atoms with Gasteiger partial charge >= 0.3 is 0 Å². The van der Waals surface area contributed by atoms with Gasteiger partial charge in [-0.3, -0.25) is 14.6 Å². The molecular weight excluding hydrogens is 362 g/mol. The SMILES string of the molecule is CC.Cc1ncc(-c2ccc3c(c2)C(=O)NC3)cc1-c1ccc2c(c1)C(=O)NC2. The standard InChI is InChI=1S/C22H17N3O2.C2H6/c1-12-18(14-3-5-16-10-25-22(27)20(16)7-14)8-17(11-23-12)13-2-4-15-9-24-21(26)19(15)6-13;1-2/h2-8,11H,9-10H2,1H3,(H,24,26)(H,25,27);1-2H3. The quantitative estimate of drug-likeness (QED) is 0.693. The molecule has 5 rings (SSSR count). The van der Waals surface area contributed by atoms with E-state index < -0.39 is 0 Å². The third-order valence-corrected chi connectivity index (χ3v) is 5.32. The lowest BCUT2D eigenvalue weighted by Gasteiger charge is -2.10. The van der Waals surface area contributed by atoms with E-state index in [1.165, 1.54) is 0 Å². The smallest absolute Gasteiger partial charge is 0.251 e. The van der Waals surface area contributed by atoms with Gasteiger partial charge in [0.05, 0.1) is 0 Å². The Bertz CT molecular complexity index is 1130. The zero-order valence-electron chi connectivity index (χ0n) is 16.8. The summed E-state index contributed by atoms with van der Waals surface area (Å²) in [6.45, 7) is 7.13. The van der Waals surface area contributed by atoms with E-state index in [0.717, 1.165) is 50.2 Å². The fourth-order valence-electron chi connectivity index (χ4n) is 3.76. The number of nitrogens with one attached hydrogen (secondary N) is 2. The topological polar surface area (TPSA) is 71.1 Å². The van der Waals surface area contributed by atoms with Crippen LogP contribution >= 0.6 is 0 Å². The van der Waals surface area contributed by atoms with Crippen molar-refractivity contribution in [2.75, 3.05) is 0 Å². The molecule has 2 amide bonds. The maximum Gasteiger partial charge on any atom is 0.251 e. The van der Waals surface area contributed by atoms with E-state index >= 15 is 0 Å². The van der Waals surface area contributed by atoms with Crippen LogP contribution < -0.4 is 10.6 Å². The number of carbonyl (C=O) groups is 2. The van der Waals surface area contributed by atoms with E-state index in [1.807, 2.05) is 63.4 Å². The second kappa shape index (κ2) is 7.51. The molecule has 0 atom stereocenters. The van der Waals surface area contributed by atoms with Crippen molar-refractivity contribution in [2.45, 2.75) is 33.9 Å². The van der Waals surface area contributed by atoms with Crippen LogP contribution in [0.4, 0.5) is 0 Å². The molecule has 0 radical (unpaired) electrons. The van der Waals surface area contributed by atoms with Crippen LogP contribution in [-0.2, 0) is 13.1 Å². The minimum absolute atomic E-state index is 0.0294. The average Bonchev–Trinajstić information content (AvgIpc) is 3.32.